The Hall–Kier alpha value is -0.220. The van der Waals surface area contributed by atoms with Gasteiger partial charge >= 0.3 is 0 Å². The van der Waals surface area contributed by atoms with E-state index in [1.807, 2.05) is 11.8 Å². The highest BCUT2D eigenvalue weighted by Gasteiger charge is 2.28. The number of hydrogen-bond donors (Lipinski definition) is 1. The van der Waals surface area contributed by atoms with Crippen LogP contribution in [0.3, 0.4) is 0 Å². The van der Waals surface area contributed by atoms with Crippen LogP contribution in [0.5, 0.6) is 0 Å². The van der Waals surface area contributed by atoms with E-state index >= 15 is 0 Å². The zero-order valence-corrected chi connectivity index (χ0v) is 10.4. The second kappa shape index (κ2) is 4.74. The molecule has 2 aliphatic heterocycles. The van der Waals surface area contributed by atoms with E-state index in [0.717, 1.165) is 31.2 Å². The zero-order chi connectivity index (χ0) is 10.7. The Bertz CT molecular complexity index is 251. The van der Waals surface area contributed by atoms with E-state index in [9.17, 15) is 0 Å². The maximum absolute atomic E-state index is 5.33. The number of thioether (sulfide) groups is 1. The minimum Gasteiger partial charge on any atom is -0.379 e. The Morgan fingerprint density at radius 2 is 2.53 bits per heavy atom. The highest BCUT2D eigenvalue weighted by Crippen LogP contribution is 2.25. The summed E-state index contributed by atoms with van der Waals surface area (Å²) < 4.78 is 5.33. The topological polar surface area (TPSA) is 33.6 Å². The molecule has 2 aliphatic rings. The molecule has 2 unspecified atom stereocenters. The third kappa shape index (κ3) is 2.88. The molecule has 2 atom stereocenters. The second-order valence-electron chi connectivity index (χ2n) is 4.59. The molecular weight excluding hydrogens is 208 g/mol. The van der Waals surface area contributed by atoms with Crippen molar-refractivity contribution in [1.82, 2.24) is 5.32 Å². The van der Waals surface area contributed by atoms with Gasteiger partial charge in [-0.25, -0.2) is 0 Å². The molecule has 2 fully saturated rings. The van der Waals surface area contributed by atoms with E-state index in [4.69, 9.17) is 9.73 Å². The Morgan fingerprint density at radius 3 is 3.20 bits per heavy atom. The Kier molecular flexibility index (Phi) is 3.57. The maximum atomic E-state index is 5.33. The normalized spacial score (nSPS) is 39.3. The molecule has 0 aromatic carbocycles. The van der Waals surface area contributed by atoms with Crippen molar-refractivity contribution in [2.75, 3.05) is 19.0 Å². The van der Waals surface area contributed by atoms with Crippen molar-refractivity contribution in [2.24, 2.45) is 4.99 Å². The zero-order valence-electron chi connectivity index (χ0n) is 9.58. The van der Waals surface area contributed by atoms with Crippen LogP contribution in [0.25, 0.3) is 0 Å². The van der Waals surface area contributed by atoms with Crippen molar-refractivity contribution in [3.8, 4) is 0 Å². The fraction of sp³-hybridized carbons (Fsp3) is 0.909. The van der Waals surface area contributed by atoms with Crippen LogP contribution in [0, 0.1) is 0 Å². The number of rotatable bonds is 2. The Morgan fingerprint density at radius 1 is 1.67 bits per heavy atom. The van der Waals surface area contributed by atoms with Crippen LogP contribution < -0.4 is 5.32 Å². The summed E-state index contributed by atoms with van der Waals surface area (Å²) in [4.78, 5) is 4.72. The lowest BCUT2D eigenvalue weighted by molar-refractivity contribution is 0.194. The van der Waals surface area contributed by atoms with E-state index in [-0.39, 0.29) is 5.54 Å². The third-order valence-electron chi connectivity index (χ3n) is 3.29. The van der Waals surface area contributed by atoms with Crippen molar-refractivity contribution >= 4 is 16.9 Å². The van der Waals surface area contributed by atoms with E-state index < -0.39 is 0 Å². The lowest BCUT2D eigenvalue weighted by atomic mass is 9.96. The summed E-state index contributed by atoms with van der Waals surface area (Å²) in [6.07, 6.45) is 3.47. The summed E-state index contributed by atoms with van der Waals surface area (Å²) in [5.41, 5.74) is 0.254. The number of hydrogen-bond acceptors (Lipinski definition) is 3. The number of nitrogens with zero attached hydrogens (tertiary/aromatic N) is 1. The number of ether oxygens (including phenoxy) is 1. The fourth-order valence-electron chi connectivity index (χ4n) is 1.85. The van der Waals surface area contributed by atoms with Crippen LogP contribution >= 0.6 is 11.8 Å². The van der Waals surface area contributed by atoms with Gasteiger partial charge in [0.25, 0.3) is 0 Å². The van der Waals surface area contributed by atoms with Gasteiger partial charge in [0, 0.05) is 17.9 Å². The fourth-order valence-corrected chi connectivity index (χ4v) is 3.14. The molecule has 0 radical (unpaired) electrons. The Balaban J connectivity index is 1.97. The summed E-state index contributed by atoms with van der Waals surface area (Å²) in [7, 11) is 0. The minimum absolute atomic E-state index is 0.254. The van der Waals surface area contributed by atoms with E-state index in [1.165, 1.54) is 12.2 Å². The predicted octanol–water partition coefficient (Wildman–Crippen LogP) is 2.03. The molecule has 0 bridgehead atoms. The first-order valence-corrected chi connectivity index (χ1v) is 6.77. The van der Waals surface area contributed by atoms with Gasteiger partial charge in [0.05, 0.1) is 12.6 Å². The van der Waals surface area contributed by atoms with E-state index in [1.54, 1.807) is 0 Å². The molecule has 0 amide bonds. The van der Waals surface area contributed by atoms with E-state index in [2.05, 4.69) is 19.2 Å². The summed E-state index contributed by atoms with van der Waals surface area (Å²) in [5, 5.41) is 4.69. The first-order chi connectivity index (χ1) is 7.22. The van der Waals surface area contributed by atoms with E-state index in [0.29, 0.717) is 6.04 Å². The molecule has 1 N–H and O–H groups in total. The van der Waals surface area contributed by atoms with Crippen molar-refractivity contribution < 1.29 is 4.74 Å². The van der Waals surface area contributed by atoms with Crippen molar-refractivity contribution in [2.45, 2.75) is 44.7 Å². The lowest BCUT2D eigenvalue weighted by Gasteiger charge is -2.35. The molecule has 2 rings (SSSR count). The van der Waals surface area contributed by atoms with Crippen LogP contribution in [0.4, 0.5) is 0 Å². The standard InChI is InChI=1S/C11H20N2OS/c1-3-11(2)5-7-15-10(13-11)12-9-4-6-14-8-9/h9H,3-8H2,1-2H3,(H,12,13). The van der Waals surface area contributed by atoms with Gasteiger partial charge in [0.2, 0.25) is 0 Å². The number of nitrogens with one attached hydrogen (secondary N) is 1. The van der Waals surface area contributed by atoms with Crippen molar-refractivity contribution in [3.05, 3.63) is 0 Å². The molecule has 0 aromatic rings. The Labute approximate surface area is 96.1 Å². The van der Waals surface area contributed by atoms with Gasteiger partial charge in [0.1, 0.15) is 0 Å². The van der Waals surface area contributed by atoms with Gasteiger partial charge < -0.3 is 10.1 Å². The summed E-state index contributed by atoms with van der Waals surface area (Å²) in [5.74, 6) is 1.18. The van der Waals surface area contributed by atoms with Gasteiger partial charge in [-0.05, 0) is 26.2 Å². The first-order valence-electron chi connectivity index (χ1n) is 5.78. The molecule has 15 heavy (non-hydrogen) atoms. The number of amidine groups is 1. The first kappa shape index (κ1) is 11.3. The van der Waals surface area contributed by atoms with Crippen molar-refractivity contribution in [1.29, 1.82) is 0 Å². The molecule has 4 heteroatoms. The van der Waals surface area contributed by atoms with Gasteiger partial charge in [0.15, 0.2) is 5.17 Å². The second-order valence-corrected chi connectivity index (χ2v) is 5.67. The van der Waals surface area contributed by atoms with Crippen LogP contribution in [-0.4, -0.2) is 35.7 Å². The quantitative estimate of drug-likeness (QED) is 0.785. The highest BCUT2D eigenvalue weighted by atomic mass is 32.2. The van der Waals surface area contributed by atoms with Crippen LogP contribution in [-0.2, 0) is 4.74 Å². The van der Waals surface area contributed by atoms with Gasteiger partial charge in [-0.1, -0.05) is 18.7 Å². The molecule has 2 heterocycles. The van der Waals surface area contributed by atoms with Crippen LogP contribution in [0.2, 0.25) is 0 Å². The molecule has 2 saturated heterocycles. The summed E-state index contributed by atoms with van der Waals surface area (Å²) in [6, 6.07) is 0.388. The number of aliphatic imine (C=N–C) groups is 1. The minimum atomic E-state index is 0.254. The van der Waals surface area contributed by atoms with Crippen molar-refractivity contribution in [3.63, 3.8) is 0 Å². The maximum Gasteiger partial charge on any atom is 0.157 e. The largest absolute Gasteiger partial charge is 0.379 e. The molecule has 0 saturated carbocycles. The average Bonchev–Trinajstić information content (AvgIpc) is 2.71. The van der Waals surface area contributed by atoms with Crippen LogP contribution in [0.1, 0.15) is 33.1 Å². The SMILES string of the molecule is CCC1(C)CCSC(=NC2CCOC2)N1. The lowest BCUT2D eigenvalue weighted by Crippen LogP contribution is -2.48. The third-order valence-corrected chi connectivity index (χ3v) is 4.18. The smallest absolute Gasteiger partial charge is 0.157 e. The van der Waals surface area contributed by atoms with Gasteiger partial charge in [-0.2, -0.15) is 0 Å². The monoisotopic (exact) mass is 228 g/mol. The molecule has 0 aromatic heterocycles. The predicted molar refractivity (Wildman–Crippen MR) is 65.6 cm³/mol. The van der Waals surface area contributed by atoms with Crippen LogP contribution in [0.15, 0.2) is 4.99 Å². The van der Waals surface area contributed by atoms with Gasteiger partial charge in [-0.15, -0.1) is 0 Å². The van der Waals surface area contributed by atoms with Gasteiger partial charge in [-0.3, -0.25) is 4.99 Å². The summed E-state index contributed by atoms with van der Waals surface area (Å²) >= 11 is 1.85. The molecule has 0 aliphatic carbocycles. The molecular formula is C11H20N2OS. The molecule has 86 valence electrons. The highest BCUT2D eigenvalue weighted by molar-refractivity contribution is 8.13. The molecule has 3 nitrogen and oxygen atoms in total. The summed E-state index contributed by atoms with van der Waals surface area (Å²) in [6.45, 7) is 6.19. The molecule has 0 spiro atoms. The average molecular weight is 228 g/mol.